The van der Waals surface area contributed by atoms with Gasteiger partial charge < -0.3 is 19.9 Å². The third kappa shape index (κ3) is 5.01. The molecule has 0 aliphatic carbocycles. The van der Waals surface area contributed by atoms with Gasteiger partial charge in [-0.1, -0.05) is 0 Å². The Kier molecular flexibility index (Phi) is 5.77. The maximum Gasteiger partial charge on any atom is 0.234 e. The molecule has 0 radical (unpaired) electrons. The lowest BCUT2D eigenvalue weighted by Gasteiger charge is -2.35. The van der Waals surface area contributed by atoms with E-state index in [9.17, 15) is 9.90 Å². The highest BCUT2D eigenvalue weighted by molar-refractivity contribution is 5.78. The molecule has 2 aliphatic rings. The number of hydrogen-bond acceptors (Lipinski definition) is 5. The average Bonchev–Trinajstić information content (AvgIpc) is 2.89. The molecule has 1 amide bonds. The summed E-state index contributed by atoms with van der Waals surface area (Å²) in [5.41, 5.74) is -0.720. The third-order valence-corrected chi connectivity index (χ3v) is 3.95. The van der Waals surface area contributed by atoms with Crippen molar-refractivity contribution in [3.05, 3.63) is 0 Å². The molecule has 0 aromatic carbocycles. The van der Waals surface area contributed by atoms with Crippen LogP contribution in [0.2, 0.25) is 0 Å². The first-order valence-electron chi connectivity index (χ1n) is 7.44. The van der Waals surface area contributed by atoms with E-state index in [0.29, 0.717) is 45.7 Å². The zero-order valence-corrected chi connectivity index (χ0v) is 12.3. The molecule has 0 saturated carbocycles. The van der Waals surface area contributed by atoms with Crippen molar-refractivity contribution in [3.8, 4) is 0 Å². The predicted octanol–water partition coefficient (Wildman–Crippen LogP) is -0.245. The Balaban J connectivity index is 1.64. The van der Waals surface area contributed by atoms with Gasteiger partial charge in [0.2, 0.25) is 5.91 Å². The van der Waals surface area contributed by atoms with E-state index in [2.05, 4.69) is 5.32 Å². The Morgan fingerprint density at radius 1 is 1.40 bits per heavy atom. The summed E-state index contributed by atoms with van der Waals surface area (Å²) < 4.78 is 10.7. The van der Waals surface area contributed by atoms with Crippen LogP contribution in [0.15, 0.2) is 0 Å². The molecule has 1 unspecified atom stereocenters. The number of likely N-dealkylation sites (N-methyl/N-ethyl adjacent to an activating group) is 1. The molecule has 20 heavy (non-hydrogen) atoms. The molecule has 2 N–H and O–H groups in total. The fraction of sp³-hybridized carbons (Fsp3) is 0.929. The van der Waals surface area contributed by atoms with Crippen molar-refractivity contribution in [1.82, 2.24) is 10.2 Å². The van der Waals surface area contributed by atoms with Crippen molar-refractivity contribution in [2.75, 3.05) is 46.5 Å². The molecule has 2 fully saturated rings. The van der Waals surface area contributed by atoms with E-state index in [-0.39, 0.29) is 12.0 Å². The van der Waals surface area contributed by atoms with Crippen molar-refractivity contribution in [2.24, 2.45) is 0 Å². The largest absolute Gasteiger partial charge is 0.388 e. The summed E-state index contributed by atoms with van der Waals surface area (Å²) in [6, 6.07) is 0. The van der Waals surface area contributed by atoms with Crippen molar-refractivity contribution >= 4 is 5.91 Å². The zero-order valence-electron chi connectivity index (χ0n) is 12.3. The summed E-state index contributed by atoms with van der Waals surface area (Å²) >= 11 is 0. The van der Waals surface area contributed by atoms with Crippen LogP contribution in [0.25, 0.3) is 0 Å². The van der Waals surface area contributed by atoms with Crippen molar-refractivity contribution < 1.29 is 19.4 Å². The zero-order chi connectivity index (χ0) is 14.4. The Labute approximate surface area is 120 Å². The molecule has 2 saturated heterocycles. The third-order valence-electron chi connectivity index (χ3n) is 3.95. The van der Waals surface area contributed by atoms with E-state index in [0.717, 1.165) is 19.4 Å². The Bertz CT molecular complexity index is 312. The van der Waals surface area contributed by atoms with Crippen LogP contribution in [0.3, 0.4) is 0 Å². The highest BCUT2D eigenvalue weighted by Gasteiger charge is 2.31. The highest BCUT2D eigenvalue weighted by Crippen LogP contribution is 2.21. The van der Waals surface area contributed by atoms with Gasteiger partial charge in [-0.25, -0.2) is 0 Å². The molecule has 0 aromatic heterocycles. The predicted molar refractivity (Wildman–Crippen MR) is 74.5 cm³/mol. The second-order valence-electron chi connectivity index (χ2n) is 5.95. The topological polar surface area (TPSA) is 71.0 Å². The number of aliphatic hydroxyl groups is 1. The smallest absolute Gasteiger partial charge is 0.234 e. The van der Waals surface area contributed by atoms with Gasteiger partial charge in [-0.2, -0.15) is 0 Å². The van der Waals surface area contributed by atoms with Crippen LogP contribution in [0.1, 0.15) is 25.7 Å². The normalized spacial score (nSPS) is 25.9. The quantitative estimate of drug-likeness (QED) is 0.705. The molecule has 6 nitrogen and oxygen atoms in total. The lowest BCUT2D eigenvalue weighted by atomic mass is 9.94. The van der Waals surface area contributed by atoms with Crippen LogP contribution >= 0.6 is 0 Å². The van der Waals surface area contributed by atoms with Crippen LogP contribution in [-0.2, 0) is 14.3 Å². The second kappa shape index (κ2) is 7.36. The van der Waals surface area contributed by atoms with Gasteiger partial charge in [0.15, 0.2) is 0 Å². The maximum absolute atomic E-state index is 11.8. The minimum Gasteiger partial charge on any atom is -0.388 e. The second-order valence-corrected chi connectivity index (χ2v) is 5.95. The van der Waals surface area contributed by atoms with Crippen LogP contribution in [0, 0.1) is 0 Å². The molecule has 2 heterocycles. The molecule has 2 aliphatic heterocycles. The number of ether oxygens (including phenoxy) is 2. The number of rotatable bonds is 6. The number of carbonyl (C=O) groups is 1. The summed E-state index contributed by atoms with van der Waals surface area (Å²) in [6.45, 7) is 3.38. The van der Waals surface area contributed by atoms with Gasteiger partial charge in [0, 0.05) is 45.8 Å². The molecule has 1 atom stereocenters. The standard InChI is InChI=1S/C14H26N2O4/c1-16(11-14(18)4-7-19-8-5-14)10-13(17)15-9-12-3-2-6-20-12/h12,18H,2-11H2,1H3,(H,15,17). The monoisotopic (exact) mass is 286 g/mol. The van der Waals surface area contributed by atoms with Gasteiger partial charge >= 0.3 is 0 Å². The number of nitrogens with one attached hydrogen (secondary N) is 1. The van der Waals surface area contributed by atoms with E-state index in [4.69, 9.17) is 9.47 Å². The molecule has 6 heteroatoms. The van der Waals surface area contributed by atoms with Crippen LogP contribution in [0.5, 0.6) is 0 Å². The number of amides is 1. The highest BCUT2D eigenvalue weighted by atomic mass is 16.5. The average molecular weight is 286 g/mol. The van der Waals surface area contributed by atoms with E-state index in [1.54, 1.807) is 0 Å². The summed E-state index contributed by atoms with van der Waals surface area (Å²) in [7, 11) is 1.86. The van der Waals surface area contributed by atoms with Crippen LogP contribution < -0.4 is 5.32 Å². The lowest BCUT2D eigenvalue weighted by molar-refractivity contribution is -0.124. The van der Waals surface area contributed by atoms with Gasteiger partial charge in [-0.05, 0) is 19.9 Å². The molecule has 116 valence electrons. The number of nitrogens with zero attached hydrogens (tertiary/aromatic N) is 1. The van der Waals surface area contributed by atoms with Gasteiger partial charge in [0.05, 0.1) is 18.2 Å². The van der Waals surface area contributed by atoms with Gasteiger partial charge in [-0.15, -0.1) is 0 Å². The van der Waals surface area contributed by atoms with Gasteiger partial charge in [-0.3, -0.25) is 9.69 Å². The maximum atomic E-state index is 11.8. The molecule has 0 aromatic rings. The van der Waals surface area contributed by atoms with E-state index < -0.39 is 5.60 Å². The first kappa shape index (κ1) is 15.7. The summed E-state index contributed by atoms with van der Waals surface area (Å²) in [5, 5.41) is 13.3. The first-order valence-corrected chi connectivity index (χ1v) is 7.44. The summed E-state index contributed by atoms with van der Waals surface area (Å²) in [6.07, 6.45) is 3.54. The fourth-order valence-electron chi connectivity index (χ4n) is 2.80. The van der Waals surface area contributed by atoms with E-state index in [1.165, 1.54) is 0 Å². The first-order chi connectivity index (χ1) is 9.57. The van der Waals surface area contributed by atoms with Gasteiger partial charge in [0.1, 0.15) is 0 Å². The van der Waals surface area contributed by atoms with Crippen molar-refractivity contribution in [1.29, 1.82) is 0 Å². The van der Waals surface area contributed by atoms with E-state index >= 15 is 0 Å². The minimum atomic E-state index is -0.720. The number of hydrogen-bond donors (Lipinski definition) is 2. The van der Waals surface area contributed by atoms with Gasteiger partial charge in [0.25, 0.3) is 0 Å². The number of carbonyl (C=O) groups excluding carboxylic acids is 1. The Morgan fingerprint density at radius 2 is 2.15 bits per heavy atom. The summed E-state index contributed by atoms with van der Waals surface area (Å²) in [5.74, 6) is -0.0151. The Hall–Kier alpha value is -0.690. The molecule has 2 rings (SSSR count). The van der Waals surface area contributed by atoms with E-state index in [1.807, 2.05) is 11.9 Å². The van der Waals surface area contributed by atoms with Crippen LogP contribution in [0.4, 0.5) is 0 Å². The van der Waals surface area contributed by atoms with Crippen molar-refractivity contribution in [3.63, 3.8) is 0 Å². The minimum absolute atomic E-state index is 0.0151. The molecular weight excluding hydrogens is 260 g/mol. The van der Waals surface area contributed by atoms with Crippen molar-refractivity contribution in [2.45, 2.75) is 37.4 Å². The van der Waals surface area contributed by atoms with Crippen LogP contribution in [-0.4, -0.2) is 74.1 Å². The molecule has 0 bridgehead atoms. The Morgan fingerprint density at radius 3 is 2.80 bits per heavy atom. The lowest BCUT2D eigenvalue weighted by Crippen LogP contribution is -2.48. The fourth-order valence-corrected chi connectivity index (χ4v) is 2.80. The SMILES string of the molecule is CN(CC(=O)NCC1CCCO1)CC1(O)CCOCC1. The summed E-state index contributed by atoms with van der Waals surface area (Å²) in [4.78, 5) is 13.7. The molecule has 0 spiro atoms. The molecular formula is C14H26N2O4.